The minimum atomic E-state index is -2.19. The zero-order chi connectivity index (χ0) is 43.0. The largest absolute Gasteiger partial charge is 0.393 e. The molecule has 0 amide bonds. The predicted molar refractivity (Wildman–Crippen MR) is 208 cm³/mol. The molecule has 4 aliphatic carbocycles. The van der Waals surface area contributed by atoms with Gasteiger partial charge in [0.25, 0.3) is 0 Å². The quantitative estimate of drug-likeness (QED) is 0.170. The second-order valence-corrected chi connectivity index (χ2v) is 20.9. The number of ether oxygens (including phenoxy) is 7. The molecule has 5 aliphatic heterocycles. The Morgan fingerprint density at radius 2 is 1.43 bits per heavy atom. The van der Waals surface area contributed by atoms with E-state index >= 15 is 0 Å². The maximum Gasteiger partial charge on any atom is 0.204 e. The third-order valence-corrected chi connectivity index (χ3v) is 17.7. The molecule has 9 aliphatic rings. The minimum Gasteiger partial charge on any atom is -0.393 e. The van der Waals surface area contributed by atoms with E-state index in [2.05, 4.69) is 33.8 Å². The van der Waals surface area contributed by atoms with Crippen LogP contribution in [-0.4, -0.2) is 163 Å². The molecule has 16 heteroatoms. The molecule has 1 spiro atoms. The summed E-state index contributed by atoms with van der Waals surface area (Å²) >= 11 is 0. The molecule has 2 unspecified atom stereocenters. The lowest BCUT2D eigenvalue weighted by molar-refractivity contribution is -0.456. The summed E-state index contributed by atoms with van der Waals surface area (Å²) in [6.07, 6.45) is -13.2. The van der Waals surface area contributed by atoms with E-state index in [4.69, 9.17) is 33.2 Å². The van der Waals surface area contributed by atoms with E-state index in [0.717, 1.165) is 44.1 Å². The number of allylic oxidation sites excluding steroid dienone is 1. The van der Waals surface area contributed by atoms with Gasteiger partial charge in [0.15, 0.2) is 18.4 Å². The molecule has 60 heavy (non-hydrogen) atoms. The Bertz CT molecular complexity index is 1610. The molecule has 0 aromatic carbocycles. The van der Waals surface area contributed by atoms with E-state index < -0.39 is 115 Å². The van der Waals surface area contributed by atoms with Gasteiger partial charge < -0.3 is 79.1 Å². The second-order valence-electron chi connectivity index (χ2n) is 20.9. The monoisotopic (exact) mass is 854 g/mol. The molecule has 5 heterocycles. The molecular weight excluding hydrogens is 784 g/mol. The van der Waals surface area contributed by atoms with Gasteiger partial charge in [-0.25, -0.2) is 0 Å². The van der Waals surface area contributed by atoms with Gasteiger partial charge >= 0.3 is 0 Å². The highest BCUT2D eigenvalue weighted by Gasteiger charge is 2.73. The van der Waals surface area contributed by atoms with Crippen LogP contribution in [0.5, 0.6) is 0 Å². The van der Waals surface area contributed by atoms with E-state index in [1.807, 2.05) is 0 Å². The number of hydrogen-bond donors (Lipinski definition) is 9. The SMILES string of the molecule is C[C@@H]1CC[C@@]2(OC1)O[C@H]1CC3[C@@H]4CC=C5C[C@@H](O)CC([C@@]6(O[C@@H]7OC[C@@H](O)[C@H](O)[C@H]7O)O[C@H](C)[C@H](O)[C@@H](O)[C@H]6O[C@@H]6O[C@@H](C)[C@H](O)[C@@H](O)[C@H]6O)[C@]5(C)[C@H]4CC[C@]3(C)[C@H]1[C@@H]2C. The van der Waals surface area contributed by atoms with Crippen molar-refractivity contribution >= 4 is 0 Å². The number of aliphatic hydroxyl groups excluding tert-OH is 9. The highest BCUT2D eigenvalue weighted by molar-refractivity contribution is 5.30. The van der Waals surface area contributed by atoms with Crippen molar-refractivity contribution in [2.45, 2.75) is 196 Å². The van der Waals surface area contributed by atoms with Gasteiger partial charge in [-0.2, -0.15) is 0 Å². The zero-order valence-electron chi connectivity index (χ0n) is 35.7. The summed E-state index contributed by atoms with van der Waals surface area (Å²) < 4.78 is 45.5. The van der Waals surface area contributed by atoms with Gasteiger partial charge in [-0.05, 0) is 99.2 Å². The average molecular weight is 855 g/mol. The molecule has 3 saturated carbocycles. The molecule has 9 rings (SSSR count). The predicted octanol–water partition coefficient (Wildman–Crippen LogP) is 0.445. The molecule has 0 bridgehead atoms. The lowest BCUT2D eigenvalue weighted by Crippen LogP contribution is -2.75. The van der Waals surface area contributed by atoms with Crippen LogP contribution in [0.3, 0.4) is 0 Å². The number of fused-ring (bicyclic) bond motifs is 7. The van der Waals surface area contributed by atoms with Crippen molar-refractivity contribution in [3.63, 3.8) is 0 Å². The molecule has 9 N–H and O–H groups in total. The highest BCUT2D eigenvalue weighted by atomic mass is 16.8. The fourth-order valence-corrected chi connectivity index (χ4v) is 14.4. The van der Waals surface area contributed by atoms with Gasteiger partial charge in [-0.15, -0.1) is 0 Å². The number of rotatable bonds is 5. The summed E-state index contributed by atoms with van der Waals surface area (Å²) in [5, 5.41) is 101. The summed E-state index contributed by atoms with van der Waals surface area (Å²) in [6, 6.07) is 0. The van der Waals surface area contributed by atoms with Crippen LogP contribution in [0.2, 0.25) is 0 Å². The Kier molecular flexibility index (Phi) is 11.5. The summed E-state index contributed by atoms with van der Waals surface area (Å²) in [7, 11) is 0. The zero-order valence-corrected chi connectivity index (χ0v) is 35.7. The Hall–Kier alpha value is -0.900. The van der Waals surface area contributed by atoms with Crippen LogP contribution in [-0.2, 0) is 33.2 Å². The smallest absolute Gasteiger partial charge is 0.204 e. The summed E-state index contributed by atoms with van der Waals surface area (Å²) in [6.45, 7) is 12.5. The topological polar surface area (TPSA) is 247 Å². The van der Waals surface area contributed by atoms with Crippen LogP contribution < -0.4 is 0 Å². The van der Waals surface area contributed by atoms with Crippen LogP contribution in [0.25, 0.3) is 0 Å². The summed E-state index contributed by atoms with van der Waals surface area (Å²) in [5.74, 6) is -2.11. The number of hydrogen-bond acceptors (Lipinski definition) is 16. The van der Waals surface area contributed by atoms with Crippen LogP contribution >= 0.6 is 0 Å². The molecule has 26 atom stereocenters. The Morgan fingerprint density at radius 1 is 0.717 bits per heavy atom. The van der Waals surface area contributed by atoms with Gasteiger partial charge in [0, 0.05) is 18.3 Å². The van der Waals surface area contributed by atoms with Crippen molar-refractivity contribution in [3.8, 4) is 0 Å². The molecular formula is C44H70O16. The maximum atomic E-state index is 12.2. The molecule has 8 fully saturated rings. The van der Waals surface area contributed by atoms with Gasteiger partial charge in [-0.3, -0.25) is 0 Å². The van der Waals surface area contributed by atoms with Gasteiger partial charge in [0.05, 0.1) is 37.6 Å². The first-order valence-electron chi connectivity index (χ1n) is 22.7. The lowest BCUT2D eigenvalue weighted by Gasteiger charge is -2.65. The molecule has 0 radical (unpaired) electrons. The van der Waals surface area contributed by atoms with Crippen molar-refractivity contribution in [3.05, 3.63) is 11.6 Å². The Morgan fingerprint density at radius 3 is 2.15 bits per heavy atom. The van der Waals surface area contributed by atoms with Crippen molar-refractivity contribution in [1.29, 1.82) is 0 Å². The van der Waals surface area contributed by atoms with Gasteiger partial charge in [-0.1, -0.05) is 39.3 Å². The minimum absolute atomic E-state index is 0.00472. The van der Waals surface area contributed by atoms with Crippen molar-refractivity contribution in [2.24, 2.45) is 52.3 Å². The molecule has 342 valence electrons. The molecule has 0 aromatic rings. The van der Waals surface area contributed by atoms with Crippen LogP contribution in [0.4, 0.5) is 0 Å². The van der Waals surface area contributed by atoms with Crippen molar-refractivity contribution in [1.82, 2.24) is 0 Å². The summed E-state index contributed by atoms with van der Waals surface area (Å²) in [4.78, 5) is 0. The first-order chi connectivity index (χ1) is 28.3. The van der Waals surface area contributed by atoms with E-state index in [9.17, 15) is 46.0 Å². The van der Waals surface area contributed by atoms with E-state index in [0.29, 0.717) is 30.8 Å². The Labute approximate surface area is 352 Å². The fraction of sp³-hybridized carbons (Fsp3) is 0.955. The first kappa shape index (κ1) is 44.3. The third kappa shape index (κ3) is 6.51. The normalized spacial score (nSPS) is 60.4. The highest BCUT2D eigenvalue weighted by Crippen LogP contribution is 2.72. The van der Waals surface area contributed by atoms with Gasteiger partial charge in [0.1, 0.15) is 54.9 Å². The van der Waals surface area contributed by atoms with Gasteiger partial charge in [0.2, 0.25) is 5.79 Å². The lowest BCUT2D eigenvalue weighted by atomic mass is 9.43. The average Bonchev–Trinajstić information content (AvgIpc) is 3.66. The molecule has 16 nitrogen and oxygen atoms in total. The van der Waals surface area contributed by atoms with Crippen molar-refractivity contribution < 1.29 is 79.1 Å². The first-order valence-corrected chi connectivity index (χ1v) is 22.7. The maximum absolute atomic E-state index is 12.2. The van der Waals surface area contributed by atoms with Crippen LogP contribution in [0.1, 0.15) is 92.9 Å². The second kappa shape index (κ2) is 15.6. The van der Waals surface area contributed by atoms with Crippen LogP contribution in [0.15, 0.2) is 11.6 Å². The van der Waals surface area contributed by atoms with E-state index in [1.54, 1.807) is 6.92 Å². The van der Waals surface area contributed by atoms with Crippen LogP contribution in [0, 0.1) is 52.3 Å². The van der Waals surface area contributed by atoms with Crippen molar-refractivity contribution in [2.75, 3.05) is 13.2 Å². The number of aliphatic hydroxyl groups is 9. The fourth-order valence-electron chi connectivity index (χ4n) is 14.4. The Balaban J connectivity index is 1.12. The third-order valence-electron chi connectivity index (χ3n) is 17.7. The molecule has 5 saturated heterocycles. The standard InChI is InChI=1S/C44H70O16/c1-18-9-12-43(55-16-18)19(2)30-28(59-43)15-26-24-8-7-22-13-23(45)14-29(42(22,6)25(24)10-11-41(26,30)5)44(60-39-36(52)33(49)27(46)17-54-39)38(35(51)32(48)21(4)58-44)57-40-37(53)34(50)31(47)20(3)56-40/h7,18-21,23-40,45-53H,8-17H2,1-6H3/t18-,19+,20+,21-,23-,24-,25+,26?,27-,28+,29?,30+,31+,32+,33+,34-,35-,36-,37-,38-,39+,40+,41+,42+,43-,44+/m1/s1. The van der Waals surface area contributed by atoms with E-state index in [-0.39, 0.29) is 35.7 Å². The summed E-state index contributed by atoms with van der Waals surface area (Å²) in [5.41, 5.74) is 0.145. The molecule has 0 aromatic heterocycles. The van der Waals surface area contributed by atoms with E-state index in [1.165, 1.54) is 6.92 Å².